The molecule has 1 amide bonds. The molecule has 0 aromatic heterocycles. The van der Waals surface area contributed by atoms with E-state index in [1.807, 2.05) is 20.8 Å². The van der Waals surface area contributed by atoms with E-state index in [-0.39, 0.29) is 34.7 Å². The Hall–Kier alpha value is -1.36. The standard InChI is InChI=1S/C27H51NO4/c1-11-23(29)28-17-16-18-31-22(27(10,14-4)15-5)19-21(20-26(9,12-2)13-3)24(30)32-25(6,7)8/h11,21-22H,1,12-20H2,2-10H3,(H,28,29). The third kappa shape index (κ3) is 11.0. The first kappa shape index (κ1) is 30.6. The van der Waals surface area contributed by atoms with E-state index in [1.165, 1.54) is 6.08 Å². The van der Waals surface area contributed by atoms with Crippen molar-refractivity contribution in [2.75, 3.05) is 13.2 Å². The Kier molecular flexibility index (Phi) is 13.4. The summed E-state index contributed by atoms with van der Waals surface area (Å²) in [6.07, 6.45) is 7.39. The van der Waals surface area contributed by atoms with Gasteiger partial charge in [0.1, 0.15) is 5.60 Å². The largest absolute Gasteiger partial charge is 0.460 e. The van der Waals surface area contributed by atoms with Crippen molar-refractivity contribution in [3.05, 3.63) is 12.7 Å². The fourth-order valence-corrected chi connectivity index (χ4v) is 3.88. The molecule has 0 saturated heterocycles. The number of carbonyl (C=O) groups excluding carboxylic acids is 2. The molecule has 188 valence electrons. The van der Waals surface area contributed by atoms with Crippen LogP contribution in [0.3, 0.4) is 0 Å². The molecule has 5 nitrogen and oxygen atoms in total. The number of esters is 1. The molecule has 0 saturated carbocycles. The van der Waals surface area contributed by atoms with Crippen LogP contribution >= 0.6 is 0 Å². The van der Waals surface area contributed by atoms with Gasteiger partial charge in [0.05, 0.1) is 12.0 Å². The molecule has 32 heavy (non-hydrogen) atoms. The first-order chi connectivity index (χ1) is 14.8. The molecule has 2 atom stereocenters. The summed E-state index contributed by atoms with van der Waals surface area (Å²) in [7, 11) is 0. The second-order valence-corrected chi connectivity index (χ2v) is 10.8. The molecule has 1 N–H and O–H groups in total. The Labute approximate surface area is 198 Å². The van der Waals surface area contributed by atoms with Crippen LogP contribution in [0, 0.1) is 16.7 Å². The van der Waals surface area contributed by atoms with Gasteiger partial charge in [0.2, 0.25) is 5.91 Å². The minimum Gasteiger partial charge on any atom is -0.460 e. The summed E-state index contributed by atoms with van der Waals surface area (Å²) in [5.41, 5.74) is -0.446. The fourth-order valence-electron chi connectivity index (χ4n) is 3.88. The predicted molar refractivity (Wildman–Crippen MR) is 134 cm³/mol. The van der Waals surface area contributed by atoms with Crippen molar-refractivity contribution in [2.45, 2.75) is 119 Å². The van der Waals surface area contributed by atoms with E-state index in [4.69, 9.17) is 9.47 Å². The Bertz CT molecular complexity index is 571. The molecule has 0 bridgehead atoms. The zero-order chi connectivity index (χ0) is 25.0. The monoisotopic (exact) mass is 453 g/mol. The molecule has 0 rings (SSSR count). The van der Waals surface area contributed by atoms with Crippen molar-refractivity contribution in [3.8, 4) is 0 Å². The highest BCUT2D eigenvalue weighted by Crippen LogP contribution is 2.40. The third-order valence-electron chi connectivity index (χ3n) is 7.20. The quantitative estimate of drug-likeness (QED) is 0.166. The first-order valence-corrected chi connectivity index (χ1v) is 12.5. The van der Waals surface area contributed by atoms with Gasteiger partial charge < -0.3 is 14.8 Å². The van der Waals surface area contributed by atoms with E-state index in [9.17, 15) is 9.59 Å². The average Bonchev–Trinajstić information content (AvgIpc) is 2.75. The minimum atomic E-state index is -0.511. The zero-order valence-electron chi connectivity index (χ0n) is 22.4. The number of nitrogens with one attached hydrogen (secondary N) is 1. The van der Waals surface area contributed by atoms with Crippen molar-refractivity contribution >= 4 is 11.9 Å². The van der Waals surface area contributed by atoms with E-state index in [2.05, 4.69) is 53.4 Å². The Morgan fingerprint density at radius 1 is 0.969 bits per heavy atom. The van der Waals surface area contributed by atoms with Gasteiger partial charge in [0.15, 0.2) is 0 Å². The molecule has 0 radical (unpaired) electrons. The maximum Gasteiger partial charge on any atom is 0.309 e. The highest BCUT2D eigenvalue weighted by molar-refractivity contribution is 5.86. The van der Waals surface area contributed by atoms with Crippen molar-refractivity contribution in [3.63, 3.8) is 0 Å². The molecule has 0 fully saturated rings. The van der Waals surface area contributed by atoms with Gasteiger partial charge in [-0.05, 0) is 69.8 Å². The van der Waals surface area contributed by atoms with Gasteiger partial charge in [-0.2, -0.15) is 0 Å². The van der Waals surface area contributed by atoms with Crippen molar-refractivity contribution in [1.82, 2.24) is 5.32 Å². The van der Waals surface area contributed by atoms with Crippen molar-refractivity contribution in [1.29, 1.82) is 0 Å². The fraction of sp³-hybridized carbons (Fsp3) is 0.852. The van der Waals surface area contributed by atoms with Gasteiger partial charge in [-0.1, -0.05) is 61.0 Å². The predicted octanol–water partition coefficient (Wildman–Crippen LogP) is 6.45. The molecule has 5 heteroatoms. The molecule has 0 aliphatic carbocycles. The van der Waals surface area contributed by atoms with Crippen LogP contribution < -0.4 is 5.32 Å². The van der Waals surface area contributed by atoms with E-state index in [0.717, 1.165) is 38.5 Å². The van der Waals surface area contributed by atoms with Crippen LogP contribution in [0.25, 0.3) is 0 Å². The summed E-state index contributed by atoms with van der Waals surface area (Å²) in [5.74, 6) is -0.494. The van der Waals surface area contributed by atoms with E-state index in [1.54, 1.807) is 0 Å². The Balaban J connectivity index is 5.59. The number of rotatable bonds is 16. The SMILES string of the molecule is C=CC(=O)NCCCOC(CC(CC(C)(CC)CC)C(=O)OC(C)(C)C)C(C)(CC)CC. The third-order valence-corrected chi connectivity index (χ3v) is 7.20. The lowest BCUT2D eigenvalue weighted by Gasteiger charge is -2.40. The average molecular weight is 454 g/mol. The lowest BCUT2D eigenvalue weighted by Crippen LogP contribution is -2.40. The summed E-state index contributed by atoms with van der Waals surface area (Å²) in [6, 6.07) is 0. The topological polar surface area (TPSA) is 64.6 Å². The van der Waals surface area contributed by atoms with Gasteiger partial charge >= 0.3 is 5.97 Å². The van der Waals surface area contributed by atoms with E-state index >= 15 is 0 Å². The molecule has 2 unspecified atom stereocenters. The highest BCUT2D eigenvalue weighted by atomic mass is 16.6. The lowest BCUT2D eigenvalue weighted by molar-refractivity contribution is -0.164. The maximum atomic E-state index is 13.3. The van der Waals surface area contributed by atoms with Crippen molar-refractivity contribution in [2.24, 2.45) is 16.7 Å². The summed E-state index contributed by atoms with van der Waals surface area (Å²) in [5, 5.41) is 2.79. The number of carbonyl (C=O) groups is 2. The Morgan fingerprint density at radius 3 is 1.97 bits per heavy atom. The van der Waals surface area contributed by atoms with Gasteiger partial charge in [0.25, 0.3) is 0 Å². The van der Waals surface area contributed by atoms with Crippen LogP contribution in [0.4, 0.5) is 0 Å². The molecule has 0 aliphatic heterocycles. The number of amides is 1. The van der Waals surface area contributed by atoms with Crippen LogP contribution in [0.2, 0.25) is 0 Å². The van der Waals surface area contributed by atoms with Crippen LogP contribution in [0.5, 0.6) is 0 Å². The minimum absolute atomic E-state index is 0.0283. The summed E-state index contributed by atoms with van der Waals surface area (Å²) >= 11 is 0. The van der Waals surface area contributed by atoms with Gasteiger partial charge in [-0.3, -0.25) is 9.59 Å². The molecule has 0 spiro atoms. The first-order valence-electron chi connectivity index (χ1n) is 12.5. The molecule has 0 aromatic carbocycles. The number of hydrogen-bond donors (Lipinski definition) is 1. The normalized spacial score (nSPS) is 14.5. The smallest absolute Gasteiger partial charge is 0.309 e. The summed E-state index contributed by atoms with van der Waals surface area (Å²) in [4.78, 5) is 24.6. The number of hydrogen-bond acceptors (Lipinski definition) is 4. The van der Waals surface area contributed by atoms with Crippen LogP contribution in [0.15, 0.2) is 12.7 Å². The van der Waals surface area contributed by atoms with Crippen LogP contribution in [0.1, 0.15) is 107 Å². The second kappa shape index (κ2) is 14.0. The van der Waals surface area contributed by atoms with Gasteiger partial charge in [0, 0.05) is 13.2 Å². The highest BCUT2D eigenvalue weighted by Gasteiger charge is 2.39. The summed E-state index contributed by atoms with van der Waals surface area (Å²) in [6.45, 7) is 23.6. The lowest BCUT2D eigenvalue weighted by atomic mass is 9.71. The van der Waals surface area contributed by atoms with E-state index < -0.39 is 5.60 Å². The van der Waals surface area contributed by atoms with Crippen LogP contribution in [-0.4, -0.2) is 36.7 Å². The zero-order valence-corrected chi connectivity index (χ0v) is 22.4. The van der Waals surface area contributed by atoms with E-state index in [0.29, 0.717) is 19.6 Å². The summed E-state index contributed by atoms with van der Waals surface area (Å²) < 4.78 is 12.3. The van der Waals surface area contributed by atoms with Gasteiger partial charge in [-0.25, -0.2) is 0 Å². The maximum absolute atomic E-state index is 13.3. The second-order valence-electron chi connectivity index (χ2n) is 10.8. The molecule has 0 heterocycles. The van der Waals surface area contributed by atoms with Gasteiger partial charge in [-0.15, -0.1) is 0 Å². The molecular weight excluding hydrogens is 402 g/mol. The number of ether oxygens (including phenoxy) is 2. The molecule has 0 aliphatic rings. The molecular formula is C27H51NO4. The van der Waals surface area contributed by atoms with Crippen LogP contribution in [-0.2, 0) is 19.1 Å². The van der Waals surface area contributed by atoms with Crippen molar-refractivity contribution < 1.29 is 19.1 Å². The molecule has 0 aromatic rings. The Morgan fingerprint density at radius 2 is 1.53 bits per heavy atom.